The van der Waals surface area contributed by atoms with E-state index in [2.05, 4.69) is 20.5 Å². The van der Waals surface area contributed by atoms with Gasteiger partial charge in [0.25, 0.3) is 0 Å². The Morgan fingerprint density at radius 1 is 1.27 bits per heavy atom. The Labute approximate surface area is 130 Å². The van der Waals surface area contributed by atoms with Gasteiger partial charge < -0.3 is 9.64 Å². The molecule has 0 aromatic carbocycles. The molecule has 0 bridgehead atoms. The van der Waals surface area contributed by atoms with Gasteiger partial charge in [-0.15, -0.1) is 5.10 Å². The van der Waals surface area contributed by atoms with E-state index in [0.29, 0.717) is 19.8 Å². The second kappa shape index (κ2) is 7.02. The lowest BCUT2D eigenvalue weighted by Gasteiger charge is -2.34. The molecule has 3 heterocycles. The summed E-state index contributed by atoms with van der Waals surface area (Å²) < 4.78 is 5.29. The average molecular weight is 305 g/mol. The summed E-state index contributed by atoms with van der Waals surface area (Å²) in [5.41, 5.74) is 3.93. The number of rotatable bonds is 3. The molecule has 0 aliphatic carbocycles. The van der Waals surface area contributed by atoms with Gasteiger partial charge in [0.2, 0.25) is 5.91 Å². The third-order valence-corrected chi connectivity index (χ3v) is 4.18. The lowest BCUT2D eigenvalue weighted by atomic mass is 9.97. The SMILES string of the molecule is Cc1ccc(N2CCCC(C(=O)NN3CCOCC3)C2)nn1. The van der Waals surface area contributed by atoms with Gasteiger partial charge in [0.05, 0.1) is 24.8 Å². The molecule has 1 amide bonds. The number of amides is 1. The normalized spacial score (nSPS) is 23.3. The van der Waals surface area contributed by atoms with Gasteiger partial charge in [0.1, 0.15) is 0 Å². The van der Waals surface area contributed by atoms with Gasteiger partial charge in [0.15, 0.2) is 5.82 Å². The molecule has 0 radical (unpaired) electrons. The maximum atomic E-state index is 12.4. The Morgan fingerprint density at radius 3 is 2.82 bits per heavy atom. The highest BCUT2D eigenvalue weighted by molar-refractivity contribution is 5.79. The Kier molecular flexibility index (Phi) is 4.84. The number of carbonyl (C=O) groups excluding carboxylic acids is 1. The van der Waals surface area contributed by atoms with Crippen LogP contribution in [0.5, 0.6) is 0 Å². The first-order valence-electron chi connectivity index (χ1n) is 7.91. The number of aryl methyl sites for hydroxylation is 1. The minimum atomic E-state index is -0.000280. The highest BCUT2D eigenvalue weighted by atomic mass is 16.5. The van der Waals surface area contributed by atoms with Gasteiger partial charge in [-0.2, -0.15) is 5.10 Å². The first-order chi connectivity index (χ1) is 10.7. The van der Waals surface area contributed by atoms with Gasteiger partial charge in [-0.3, -0.25) is 10.2 Å². The fourth-order valence-corrected chi connectivity index (χ4v) is 2.88. The van der Waals surface area contributed by atoms with Crippen molar-refractivity contribution in [3.05, 3.63) is 17.8 Å². The Hall–Kier alpha value is -1.73. The molecule has 22 heavy (non-hydrogen) atoms. The monoisotopic (exact) mass is 305 g/mol. The van der Waals surface area contributed by atoms with E-state index in [1.807, 2.05) is 24.1 Å². The first-order valence-corrected chi connectivity index (χ1v) is 7.91. The standard InChI is InChI=1S/C15H23N5O2/c1-12-4-5-14(17-16-12)19-6-2-3-13(11-19)15(21)18-20-7-9-22-10-8-20/h4-5,13H,2-3,6-11H2,1H3,(H,18,21). The smallest absolute Gasteiger partial charge is 0.239 e. The van der Waals surface area contributed by atoms with Crippen LogP contribution in [0.1, 0.15) is 18.5 Å². The number of ether oxygens (including phenoxy) is 1. The van der Waals surface area contributed by atoms with Crippen molar-refractivity contribution in [1.82, 2.24) is 20.6 Å². The molecule has 3 rings (SSSR count). The van der Waals surface area contributed by atoms with E-state index in [0.717, 1.165) is 44.0 Å². The van der Waals surface area contributed by atoms with Crippen LogP contribution in [0.3, 0.4) is 0 Å². The van der Waals surface area contributed by atoms with Crippen LogP contribution in [0, 0.1) is 12.8 Å². The molecule has 2 saturated heterocycles. The van der Waals surface area contributed by atoms with Crippen molar-refractivity contribution in [2.24, 2.45) is 5.92 Å². The second-order valence-electron chi connectivity index (χ2n) is 5.89. The average Bonchev–Trinajstić information content (AvgIpc) is 2.56. The zero-order valence-electron chi connectivity index (χ0n) is 13.0. The number of piperidine rings is 1. The zero-order chi connectivity index (χ0) is 15.4. The van der Waals surface area contributed by atoms with E-state index < -0.39 is 0 Å². The molecule has 1 unspecified atom stereocenters. The van der Waals surface area contributed by atoms with Gasteiger partial charge in [0, 0.05) is 26.2 Å². The van der Waals surface area contributed by atoms with E-state index in [1.54, 1.807) is 0 Å². The number of hydrazine groups is 1. The molecule has 2 fully saturated rings. The van der Waals surface area contributed by atoms with E-state index in [-0.39, 0.29) is 11.8 Å². The zero-order valence-corrected chi connectivity index (χ0v) is 13.0. The summed E-state index contributed by atoms with van der Waals surface area (Å²) in [6, 6.07) is 3.93. The van der Waals surface area contributed by atoms with Crippen LogP contribution in [-0.2, 0) is 9.53 Å². The minimum absolute atomic E-state index is 0.000280. The molecule has 1 atom stereocenters. The maximum Gasteiger partial charge on any atom is 0.239 e. The Morgan fingerprint density at radius 2 is 2.09 bits per heavy atom. The summed E-state index contributed by atoms with van der Waals surface area (Å²) in [7, 11) is 0. The summed E-state index contributed by atoms with van der Waals surface area (Å²) in [5.74, 6) is 0.959. The highest BCUT2D eigenvalue weighted by Crippen LogP contribution is 2.21. The summed E-state index contributed by atoms with van der Waals surface area (Å²) in [4.78, 5) is 14.6. The molecule has 2 aliphatic heterocycles. The molecule has 1 aromatic rings. The predicted octanol–water partition coefficient (Wildman–Crippen LogP) is 0.365. The van der Waals surface area contributed by atoms with Crippen molar-refractivity contribution >= 4 is 11.7 Å². The minimum Gasteiger partial charge on any atom is -0.379 e. The van der Waals surface area contributed by atoms with E-state index >= 15 is 0 Å². The third-order valence-electron chi connectivity index (χ3n) is 4.18. The van der Waals surface area contributed by atoms with Crippen molar-refractivity contribution in [3.8, 4) is 0 Å². The quantitative estimate of drug-likeness (QED) is 0.870. The number of nitrogens with one attached hydrogen (secondary N) is 1. The second-order valence-corrected chi connectivity index (χ2v) is 5.89. The van der Waals surface area contributed by atoms with Crippen LogP contribution in [0.25, 0.3) is 0 Å². The number of hydrogen-bond acceptors (Lipinski definition) is 6. The summed E-state index contributed by atoms with van der Waals surface area (Å²) >= 11 is 0. The van der Waals surface area contributed by atoms with Crippen molar-refractivity contribution in [2.75, 3.05) is 44.3 Å². The number of anilines is 1. The summed E-state index contributed by atoms with van der Waals surface area (Å²) in [6.07, 6.45) is 1.92. The molecule has 0 saturated carbocycles. The molecule has 1 aromatic heterocycles. The van der Waals surface area contributed by atoms with Gasteiger partial charge >= 0.3 is 0 Å². The van der Waals surface area contributed by atoms with E-state index in [9.17, 15) is 4.79 Å². The van der Waals surface area contributed by atoms with E-state index in [1.165, 1.54) is 0 Å². The van der Waals surface area contributed by atoms with Crippen molar-refractivity contribution in [2.45, 2.75) is 19.8 Å². The van der Waals surface area contributed by atoms with Crippen LogP contribution in [0.2, 0.25) is 0 Å². The van der Waals surface area contributed by atoms with E-state index in [4.69, 9.17) is 4.74 Å². The van der Waals surface area contributed by atoms with Crippen LogP contribution in [0.15, 0.2) is 12.1 Å². The van der Waals surface area contributed by atoms with Gasteiger partial charge in [-0.25, -0.2) is 5.01 Å². The first kappa shape index (κ1) is 15.2. The third kappa shape index (κ3) is 3.72. The summed E-state index contributed by atoms with van der Waals surface area (Å²) in [6.45, 7) is 6.42. The van der Waals surface area contributed by atoms with Crippen molar-refractivity contribution in [3.63, 3.8) is 0 Å². The number of aromatic nitrogens is 2. The molecule has 0 spiro atoms. The van der Waals surface area contributed by atoms with Crippen LogP contribution >= 0.6 is 0 Å². The Bertz CT molecular complexity index is 501. The Balaban J connectivity index is 1.57. The highest BCUT2D eigenvalue weighted by Gasteiger charge is 2.28. The lowest BCUT2D eigenvalue weighted by molar-refractivity contribution is -0.132. The van der Waals surface area contributed by atoms with Gasteiger partial charge in [-0.1, -0.05) is 0 Å². The summed E-state index contributed by atoms with van der Waals surface area (Å²) in [5, 5.41) is 10.3. The fourth-order valence-electron chi connectivity index (χ4n) is 2.88. The predicted molar refractivity (Wildman–Crippen MR) is 82.2 cm³/mol. The number of morpholine rings is 1. The molecule has 120 valence electrons. The lowest BCUT2D eigenvalue weighted by Crippen LogP contribution is -2.52. The molecule has 1 N–H and O–H groups in total. The van der Waals surface area contributed by atoms with Crippen LogP contribution < -0.4 is 10.3 Å². The molecule has 2 aliphatic rings. The topological polar surface area (TPSA) is 70.6 Å². The molecule has 7 heteroatoms. The van der Waals surface area contributed by atoms with Crippen LogP contribution in [-0.4, -0.2) is 60.5 Å². The molecule has 7 nitrogen and oxygen atoms in total. The largest absolute Gasteiger partial charge is 0.379 e. The van der Waals surface area contributed by atoms with Crippen LogP contribution in [0.4, 0.5) is 5.82 Å². The maximum absolute atomic E-state index is 12.4. The van der Waals surface area contributed by atoms with Crippen molar-refractivity contribution in [1.29, 1.82) is 0 Å². The number of hydrogen-bond donors (Lipinski definition) is 1. The molecular weight excluding hydrogens is 282 g/mol. The molecular formula is C15H23N5O2. The van der Waals surface area contributed by atoms with Crippen molar-refractivity contribution < 1.29 is 9.53 Å². The number of carbonyl (C=O) groups is 1. The van der Waals surface area contributed by atoms with Gasteiger partial charge in [-0.05, 0) is 31.9 Å². The number of nitrogens with zero attached hydrogens (tertiary/aromatic N) is 4. The fraction of sp³-hybridized carbons (Fsp3) is 0.667.